The third kappa shape index (κ3) is 9.16. The molecule has 2 rings (SSSR count). The van der Waals surface area contributed by atoms with E-state index in [4.69, 9.17) is 9.47 Å². The van der Waals surface area contributed by atoms with Gasteiger partial charge in [-0.15, -0.1) is 35.7 Å². The van der Waals surface area contributed by atoms with E-state index in [1.165, 1.54) is 10.5 Å². The highest BCUT2D eigenvalue weighted by Gasteiger charge is 2.06. The number of halogens is 1. The average Bonchev–Trinajstić information content (AvgIpc) is 2.69. The van der Waals surface area contributed by atoms with Crippen molar-refractivity contribution >= 4 is 41.7 Å². The molecule has 0 unspecified atom stereocenters. The fraction of sp³-hybridized carbons (Fsp3) is 0.381. The molecule has 2 aromatic carbocycles. The summed E-state index contributed by atoms with van der Waals surface area (Å²) in [5.74, 6) is 2.64. The summed E-state index contributed by atoms with van der Waals surface area (Å²) in [6, 6.07) is 16.6. The van der Waals surface area contributed by atoms with Crippen molar-refractivity contribution in [1.29, 1.82) is 0 Å². The number of benzene rings is 2. The highest BCUT2D eigenvalue weighted by Crippen LogP contribution is 2.20. The first kappa shape index (κ1) is 24.6. The van der Waals surface area contributed by atoms with E-state index in [2.05, 4.69) is 65.0 Å². The molecule has 5 nitrogen and oxygen atoms in total. The SMILES string of the molecule is CN=C(NCCSc1ccccc1)NCc1ccc(C)cc1OCCOC.I. The van der Waals surface area contributed by atoms with Gasteiger partial charge < -0.3 is 20.1 Å². The maximum absolute atomic E-state index is 5.84. The van der Waals surface area contributed by atoms with Crippen molar-refractivity contribution in [3.05, 3.63) is 59.7 Å². The summed E-state index contributed by atoms with van der Waals surface area (Å²) >= 11 is 1.83. The van der Waals surface area contributed by atoms with Crippen molar-refractivity contribution in [3.8, 4) is 5.75 Å². The van der Waals surface area contributed by atoms with Crippen molar-refractivity contribution in [2.75, 3.05) is 39.7 Å². The highest BCUT2D eigenvalue weighted by atomic mass is 127. The molecule has 0 aliphatic rings. The van der Waals surface area contributed by atoms with Crippen LogP contribution in [0.2, 0.25) is 0 Å². The van der Waals surface area contributed by atoms with Crippen molar-refractivity contribution < 1.29 is 9.47 Å². The highest BCUT2D eigenvalue weighted by molar-refractivity contribution is 14.0. The van der Waals surface area contributed by atoms with E-state index in [0.29, 0.717) is 19.8 Å². The van der Waals surface area contributed by atoms with Crippen LogP contribution < -0.4 is 15.4 Å². The lowest BCUT2D eigenvalue weighted by Crippen LogP contribution is -2.38. The van der Waals surface area contributed by atoms with Crippen LogP contribution in [0.5, 0.6) is 5.75 Å². The summed E-state index contributed by atoms with van der Waals surface area (Å²) in [5, 5.41) is 6.70. The summed E-state index contributed by atoms with van der Waals surface area (Å²) in [4.78, 5) is 5.57. The van der Waals surface area contributed by atoms with Crippen molar-refractivity contribution in [2.45, 2.75) is 18.4 Å². The molecule has 0 saturated carbocycles. The molecule has 0 aliphatic heterocycles. The van der Waals surface area contributed by atoms with E-state index in [9.17, 15) is 0 Å². The predicted octanol–water partition coefficient (Wildman–Crippen LogP) is 4.10. The zero-order valence-electron chi connectivity index (χ0n) is 16.7. The molecule has 0 aromatic heterocycles. The van der Waals surface area contributed by atoms with Crippen LogP contribution in [0.15, 0.2) is 58.4 Å². The first-order valence-electron chi connectivity index (χ1n) is 9.06. The van der Waals surface area contributed by atoms with Gasteiger partial charge in [0.05, 0.1) is 6.61 Å². The standard InChI is InChI=1S/C21H29N3O2S.HI/c1-17-9-10-18(20(15-17)26-13-12-25-3)16-24-21(22-2)23-11-14-27-19-7-5-4-6-8-19;/h4-10,15H,11-14,16H2,1-3H3,(H2,22,23,24);1H. The third-order valence-corrected chi connectivity index (χ3v) is 4.86. The average molecular weight is 515 g/mol. The molecular formula is C21H30IN3O2S. The lowest BCUT2D eigenvalue weighted by Gasteiger charge is -2.15. The number of aryl methyl sites for hydroxylation is 1. The smallest absolute Gasteiger partial charge is 0.191 e. The molecule has 0 radical (unpaired) electrons. The lowest BCUT2D eigenvalue weighted by atomic mass is 10.1. The Balaban J connectivity index is 0.00000392. The number of rotatable bonds is 10. The van der Waals surface area contributed by atoms with Crippen LogP contribution in [0.3, 0.4) is 0 Å². The monoisotopic (exact) mass is 515 g/mol. The first-order chi connectivity index (χ1) is 13.2. The number of hydrogen-bond donors (Lipinski definition) is 2. The van der Waals surface area contributed by atoms with Crippen LogP contribution in [0, 0.1) is 6.92 Å². The quantitative estimate of drug-likeness (QED) is 0.164. The second-order valence-corrected chi connectivity index (χ2v) is 7.13. The van der Waals surface area contributed by atoms with Crippen LogP contribution in [0.4, 0.5) is 0 Å². The number of guanidine groups is 1. The Hall–Kier alpha value is -1.45. The number of aliphatic imine (C=N–C) groups is 1. The fourth-order valence-corrected chi connectivity index (χ4v) is 3.22. The molecule has 7 heteroatoms. The second kappa shape index (κ2) is 14.5. The molecule has 0 bridgehead atoms. The summed E-state index contributed by atoms with van der Waals surface area (Å²) in [6.07, 6.45) is 0. The summed E-state index contributed by atoms with van der Waals surface area (Å²) in [5.41, 5.74) is 2.27. The largest absolute Gasteiger partial charge is 0.491 e. The Labute approximate surface area is 189 Å². The molecule has 0 spiro atoms. The van der Waals surface area contributed by atoms with Gasteiger partial charge in [0, 0.05) is 43.5 Å². The van der Waals surface area contributed by atoms with Gasteiger partial charge in [-0.25, -0.2) is 0 Å². The number of thioether (sulfide) groups is 1. The van der Waals surface area contributed by atoms with Gasteiger partial charge in [-0.3, -0.25) is 4.99 Å². The van der Waals surface area contributed by atoms with Gasteiger partial charge in [-0.2, -0.15) is 0 Å². The first-order valence-corrected chi connectivity index (χ1v) is 10.0. The molecule has 0 atom stereocenters. The van der Waals surface area contributed by atoms with Gasteiger partial charge in [0.15, 0.2) is 5.96 Å². The maximum Gasteiger partial charge on any atom is 0.191 e. The number of nitrogens with zero attached hydrogens (tertiary/aromatic N) is 1. The topological polar surface area (TPSA) is 54.9 Å². The molecular weight excluding hydrogens is 485 g/mol. The van der Waals surface area contributed by atoms with Crippen LogP contribution in [0.25, 0.3) is 0 Å². The minimum atomic E-state index is 0. The minimum Gasteiger partial charge on any atom is -0.491 e. The normalized spacial score (nSPS) is 10.9. The third-order valence-electron chi connectivity index (χ3n) is 3.84. The van der Waals surface area contributed by atoms with Crippen molar-refractivity contribution in [1.82, 2.24) is 10.6 Å². The van der Waals surface area contributed by atoms with E-state index in [0.717, 1.165) is 29.6 Å². The van der Waals surface area contributed by atoms with Gasteiger partial charge >= 0.3 is 0 Å². The zero-order valence-corrected chi connectivity index (χ0v) is 19.9. The number of ether oxygens (including phenoxy) is 2. The van der Waals surface area contributed by atoms with E-state index < -0.39 is 0 Å². The molecule has 0 fully saturated rings. The summed E-state index contributed by atoms with van der Waals surface area (Å²) in [7, 11) is 3.46. The Morgan fingerprint density at radius 2 is 1.86 bits per heavy atom. The molecule has 154 valence electrons. The van der Waals surface area contributed by atoms with Gasteiger partial charge in [0.1, 0.15) is 12.4 Å². The van der Waals surface area contributed by atoms with Gasteiger partial charge in [-0.05, 0) is 30.7 Å². The van der Waals surface area contributed by atoms with Crippen molar-refractivity contribution in [2.24, 2.45) is 4.99 Å². The molecule has 2 aromatic rings. The van der Waals surface area contributed by atoms with Crippen LogP contribution in [0.1, 0.15) is 11.1 Å². The number of methoxy groups -OCH3 is 1. The molecule has 0 heterocycles. The second-order valence-electron chi connectivity index (χ2n) is 5.97. The van der Waals surface area contributed by atoms with Gasteiger partial charge in [-0.1, -0.05) is 30.3 Å². The van der Waals surface area contributed by atoms with E-state index in [1.807, 2.05) is 17.8 Å². The Kier molecular flexibility index (Phi) is 12.8. The van der Waals surface area contributed by atoms with Crippen LogP contribution in [-0.2, 0) is 11.3 Å². The lowest BCUT2D eigenvalue weighted by molar-refractivity contribution is 0.145. The fourth-order valence-electron chi connectivity index (χ4n) is 2.43. The van der Waals surface area contributed by atoms with Crippen molar-refractivity contribution in [3.63, 3.8) is 0 Å². The summed E-state index contributed by atoms with van der Waals surface area (Å²) < 4.78 is 10.9. The molecule has 28 heavy (non-hydrogen) atoms. The van der Waals surface area contributed by atoms with Gasteiger partial charge in [0.25, 0.3) is 0 Å². The predicted molar refractivity (Wildman–Crippen MR) is 129 cm³/mol. The molecule has 0 amide bonds. The van der Waals surface area contributed by atoms with E-state index >= 15 is 0 Å². The number of hydrogen-bond acceptors (Lipinski definition) is 4. The van der Waals surface area contributed by atoms with E-state index in [-0.39, 0.29) is 24.0 Å². The molecule has 2 N–H and O–H groups in total. The number of nitrogens with one attached hydrogen (secondary N) is 2. The van der Waals surface area contributed by atoms with Crippen LogP contribution in [-0.4, -0.2) is 45.6 Å². The zero-order chi connectivity index (χ0) is 19.3. The summed E-state index contributed by atoms with van der Waals surface area (Å²) in [6.45, 7) is 4.66. The Morgan fingerprint density at radius 1 is 1.07 bits per heavy atom. The van der Waals surface area contributed by atoms with Crippen LogP contribution >= 0.6 is 35.7 Å². The molecule has 0 aliphatic carbocycles. The molecule has 0 saturated heterocycles. The van der Waals surface area contributed by atoms with Gasteiger partial charge in [0.2, 0.25) is 0 Å². The Bertz CT molecular complexity index is 714. The van der Waals surface area contributed by atoms with E-state index in [1.54, 1.807) is 14.2 Å². The minimum absolute atomic E-state index is 0. The Morgan fingerprint density at radius 3 is 2.57 bits per heavy atom. The maximum atomic E-state index is 5.84.